The third-order valence-corrected chi connectivity index (χ3v) is 18.4. The summed E-state index contributed by atoms with van der Waals surface area (Å²) in [6.07, 6.45) is 16.0. The van der Waals surface area contributed by atoms with E-state index in [-0.39, 0.29) is 16.2 Å². The number of unbranched alkanes of at least 4 members (excludes halogenated alkanes) is 6. The van der Waals surface area contributed by atoms with E-state index in [1.54, 1.807) is 0 Å². The van der Waals surface area contributed by atoms with Gasteiger partial charge in [0.2, 0.25) is 0 Å². The van der Waals surface area contributed by atoms with Gasteiger partial charge in [-0.2, -0.15) is 0 Å². The van der Waals surface area contributed by atoms with Crippen LogP contribution in [0.2, 0.25) is 23.2 Å². The maximum Gasteiger partial charge on any atom is 0.261 e. The smallest absolute Gasteiger partial charge is 0.261 e. The molecule has 2 aromatic rings. The van der Waals surface area contributed by atoms with Crippen LogP contribution in [0.3, 0.4) is 0 Å². The van der Waals surface area contributed by atoms with Gasteiger partial charge in [-0.25, -0.2) is 0 Å². The Kier molecular flexibility index (Phi) is 14.1. The van der Waals surface area contributed by atoms with Crippen molar-refractivity contribution in [1.82, 2.24) is 0 Å². The fraction of sp³-hybridized carbons (Fsp3) is 0.611. The molecule has 0 aliphatic carbocycles. The van der Waals surface area contributed by atoms with Gasteiger partial charge in [0, 0.05) is 6.61 Å². The maximum absolute atomic E-state index is 7.57. The Bertz CT molecular complexity index is 932. The molecule has 2 rings (SSSR count). The van der Waals surface area contributed by atoms with Gasteiger partial charge in [-0.3, -0.25) is 0 Å². The summed E-state index contributed by atoms with van der Waals surface area (Å²) in [6, 6.07) is 22.1. The van der Waals surface area contributed by atoms with Crippen molar-refractivity contribution in [3.8, 4) is 0 Å². The average Bonchev–Trinajstić information content (AvgIpc) is 2.90. The predicted molar refractivity (Wildman–Crippen MR) is 182 cm³/mol. The Morgan fingerprint density at radius 3 is 1.73 bits per heavy atom. The summed E-state index contributed by atoms with van der Waals surface area (Å²) in [5.74, 6) is 0. The standard InChI is InChI=1S/C36H60O2Si2/c1-10-11-12-13-14-15-16-17-20-25-32(30-31-37-39(8,9)35(2,3)4)38-40(36(5,6)7,33-26-21-18-22-27-33)34-28-23-19-24-29-34/h17-24,26-29,32H,10-16,25,30-31H2,1-9H3/b20-17-. The van der Waals surface area contributed by atoms with Crippen molar-refractivity contribution in [2.45, 2.75) is 136 Å². The van der Waals surface area contributed by atoms with E-state index < -0.39 is 16.6 Å². The van der Waals surface area contributed by atoms with Crippen LogP contribution >= 0.6 is 0 Å². The van der Waals surface area contributed by atoms with Crippen LogP contribution in [0.25, 0.3) is 0 Å². The fourth-order valence-corrected chi connectivity index (χ4v) is 11.0. The monoisotopic (exact) mass is 580 g/mol. The highest BCUT2D eigenvalue weighted by Crippen LogP contribution is 2.39. The second-order valence-electron chi connectivity index (χ2n) is 14.1. The molecule has 0 fully saturated rings. The molecule has 0 aromatic heterocycles. The molecule has 0 spiro atoms. The zero-order chi connectivity index (χ0) is 29.7. The lowest BCUT2D eigenvalue weighted by atomic mass is 10.1. The molecule has 0 aliphatic heterocycles. The highest BCUT2D eigenvalue weighted by atomic mass is 28.4. The van der Waals surface area contributed by atoms with Gasteiger partial charge < -0.3 is 8.85 Å². The quantitative estimate of drug-likeness (QED) is 0.105. The molecule has 0 aliphatic rings. The topological polar surface area (TPSA) is 18.5 Å². The van der Waals surface area contributed by atoms with E-state index in [4.69, 9.17) is 8.85 Å². The van der Waals surface area contributed by atoms with Crippen LogP contribution < -0.4 is 10.4 Å². The third-order valence-electron chi connectivity index (χ3n) is 8.76. The largest absolute Gasteiger partial charge is 0.417 e. The summed E-state index contributed by atoms with van der Waals surface area (Å²) in [4.78, 5) is 0. The van der Waals surface area contributed by atoms with Crippen molar-refractivity contribution in [1.29, 1.82) is 0 Å². The second-order valence-corrected chi connectivity index (χ2v) is 23.1. The minimum Gasteiger partial charge on any atom is -0.417 e. The number of hydrogen-bond donors (Lipinski definition) is 0. The highest BCUT2D eigenvalue weighted by molar-refractivity contribution is 6.99. The van der Waals surface area contributed by atoms with Gasteiger partial charge in [-0.1, -0.05) is 153 Å². The zero-order valence-electron chi connectivity index (χ0n) is 27.4. The van der Waals surface area contributed by atoms with Gasteiger partial charge >= 0.3 is 0 Å². The minimum atomic E-state index is -2.62. The van der Waals surface area contributed by atoms with Gasteiger partial charge in [0.1, 0.15) is 0 Å². The molecule has 0 heterocycles. The van der Waals surface area contributed by atoms with Gasteiger partial charge in [-0.15, -0.1) is 0 Å². The Hall–Kier alpha value is -1.47. The van der Waals surface area contributed by atoms with Crippen molar-refractivity contribution in [2.75, 3.05) is 6.61 Å². The first-order valence-corrected chi connectivity index (χ1v) is 20.7. The maximum atomic E-state index is 7.57. The first-order chi connectivity index (χ1) is 18.8. The van der Waals surface area contributed by atoms with Crippen LogP contribution in [-0.2, 0) is 8.85 Å². The lowest BCUT2D eigenvalue weighted by Gasteiger charge is -2.45. The lowest BCUT2D eigenvalue weighted by molar-refractivity contribution is 0.148. The van der Waals surface area contributed by atoms with E-state index in [0.717, 1.165) is 19.4 Å². The predicted octanol–water partition coefficient (Wildman–Crippen LogP) is 10.0. The van der Waals surface area contributed by atoms with E-state index in [1.807, 2.05) is 0 Å². The normalized spacial score (nSPS) is 14.1. The fourth-order valence-electron chi connectivity index (χ4n) is 5.24. The van der Waals surface area contributed by atoms with Gasteiger partial charge in [0.15, 0.2) is 8.32 Å². The van der Waals surface area contributed by atoms with Gasteiger partial charge in [0.05, 0.1) is 6.10 Å². The Morgan fingerprint density at radius 2 is 1.23 bits per heavy atom. The Morgan fingerprint density at radius 1 is 0.700 bits per heavy atom. The summed E-state index contributed by atoms with van der Waals surface area (Å²) < 4.78 is 14.2. The number of allylic oxidation sites excluding steroid dienone is 1. The molecule has 2 aromatic carbocycles. The molecule has 1 unspecified atom stereocenters. The highest BCUT2D eigenvalue weighted by Gasteiger charge is 2.51. The molecule has 4 heteroatoms. The van der Waals surface area contributed by atoms with Crippen LogP contribution in [0.4, 0.5) is 0 Å². The molecule has 0 amide bonds. The molecule has 0 saturated carbocycles. The second kappa shape index (κ2) is 16.2. The van der Waals surface area contributed by atoms with E-state index >= 15 is 0 Å². The summed E-state index contributed by atoms with van der Waals surface area (Å²) in [7, 11) is -4.44. The van der Waals surface area contributed by atoms with E-state index in [1.165, 1.54) is 55.3 Å². The first kappa shape index (κ1) is 34.7. The molecule has 0 radical (unpaired) electrons. The summed E-state index contributed by atoms with van der Waals surface area (Å²) in [5, 5.41) is 2.87. The van der Waals surface area contributed by atoms with Crippen molar-refractivity contribution in [3.05, 3.63) is 72.8 Å². The molecule has 1 atom stereocenters. The van der Waals surface area contributed by atoms with Crippen molar-refractivity contribution < 1.29 is 8.85 Å². The molecule has 40 heavy (non-hydrogen) atoms. The van der Waals surface area contributed by atoms with Crippen molar-refractivity contribution >= 4 is 27.0 Å². The lowest BCUT2D eigenvalue weighted by Crippen LogP contribution is -2.67. The van der Waals surface area contributed by atoms with Crippen LogP contribution in [-0.4, -0.2) is 29.3 Å². The van der Waals surface area contributed by atoms with E-state index in [9.17, 15) is 0 Å². The van der Waals surface area contributed by atoms with Crippen LogP contribution in [0.1, 0.15) is 106 Å². The number of rotatable bonds is 17. The number of hydrogen-bond acceptors (Lipinski definition) is 2. The molecule has 224 valence electrons. The van der Waals surface area contributed by atoms with Gasteiger partial charge in [0.25, 0.3) is 8.32 Å². The first-order valence-electron chi connectivity index (χ1n) is 15.9. The minimum absolute atomic E-state index is 0.0313. The van der Waals surface area contributed by atoms with E-state index in [2.05, 4.69) is 134 Å². The molecular formula is C36H60O2Si2. The average molecular weight is 581 g/mol. The van der Waals surface area contributed by atoms with Crippen LogP contribution in [0.15, 0.2) is 72.8 Å². The Balaban J connectivity index is 2.32. The zero-order valence-corrected chi connectivity index (χ0v) is 29.4. The Labute approximate surface area is 250 Å². The summed E-state index contributed by atoms with van der Waals surface area (Å²) in [6.45, 7) is 21.8. The molecule has 0 N–H and O–H groups in total. The third kappa shape index (κ3) is 10.1. The van der Waals surface area contributed by atoms with Crippen molar-refractivity contribution in [2.24, 2.45) is 0 Å². The molecule has 0 saturated heterocycles. The van der Waals surface area contributed by atoms with Crippen LogP contribution in [0, 0.1) is 0 Å². The van der Waals surface area contributed by atoms with Gasteiger partial charge in [-0.05, 0) is 59.2 Å². The van der Waals surface area contributed by atoms with Crippen LogP contribution in [0.5, 0.6) is 0 Å². The number of benzene rings is 2. The summed E-state index contributed by atoms with van der Waals surface area (Å²) in [5.41, 5.74) is 0. The summed E-state index contributed by atoms with van der Waals surface area (Å²) >= 11 is 0. The molecular weight excluding hydrogens is 521 g/mol. The molecule has 2 nitrogen and oxygen atoms in total. The van der Waals surface area contributed by atoms with E-state index in [0.29, 0.717) is 0 Å². The molecule has 0 bridgehead atoms. The SMILES string of the molecule is CCCCCCCC/C=C\CC(CCO[Si](C)(C)C(C)(C)C)O[Si](c1ccccc1)(c1ccccc1)C(C)(C)C. The van der Waals surface area contributed by atoms with Crippen molar-refractivity contribution in [3.63, 3.8) is 0 Å².